The third-order valence-electron chi connectivity index (χ3n) is 2.67. The molecule has 0 saturated heterocycles. The number of aromatic amines is 1. The van der Waals surface area contributed by atoms with Gasteiger partial charge < -0.3 is 10.6 Å². The van der Waals surface area contributed by atoms with Crippen LogP contribution in [0.15, 0.2) is 24.4 Å². The van der Waals surface area contributed by atoms with Crippen molar-refractivity contribution in [2.75, 3.05) is 13.6 Å². The average molecular weight is 218 g/mol. The Kier molecular flexibility index (Phi) is 3.54. The van der Waals surface area contributed by atoms with Crippen molar-refractivity contribution in [3.63, 3.8) is 0 Å². The Morgan fingerprint density at radius 2 is 2.31 bits per heavy atom. The van der Waals surface area contributed by atoms with Crippen LogP contribution in [0.25, 0.3) is 10.9 Å². The van der Waals surface area contributed by atoms with Crippen LogP contribution in [-0.2, 0) is 6.54 Å². The van der Waals surface area contributed by atoms with Gasteiger partial charge in [0.2, 0.25) is 0 Å². The first-order valence-electron chi connectivity index (χ1n) is 5.59. The minimum absolute atomic E-state index is 0.475. The van der Waals surface area contributed by atoms with E-state index >= 15 is 0 Å². The molecule has 0 spiro atoms. The van der Waals surface area contributed by atoms with Crippen LogP contribution in [0.5, 0.6) is 0 Å². The lowest BCUT2D eigenvalue weighted by molar-refractivity contribution is 0.523. The molecule has 4 heteroatoms. The standard InChI is InChI=1S/C12H18N4/c1-9(6-13-2)14-7-10-3-4-11-8-15-16-12(11)5-10/h3-5,8-9,13-14H,6-7H2,1-2H3,(H,15,16). The van der Waals surface area contributed by atoms with Gasteiger partial charge in [-0.2, -0.15) is 5.10 Å². The van der Waals surface area contributed by atoms with Gasteiger partial charge in [-0.1, -0.05) is 12.1 Å². The fourth-order valence-corrected chi connectivity index (χ4v) is 1.76. The first-order valence-corrected chi connectivity index (χ1v) is 5.59. The number of nitrogens with zero attached hydrogens (tertiary/aromatic N) is 1. The molecule has 1 aromatic heterocycles. The Bertz CT molecular complexity index is 449. The lowest BCUT2D eigenvalue weighted by atomic mass is 10.1. The highest BCUT2D eigenvalue weighted by Crippen LogP contribution is 2.12. The van der Waals surface area contributed by atoms with E-state index in [1.165, 1.54) is 5.56 Å². The number of rotatable bonds is 5. The van der Waals surface area contributed by atoms with Crippen LogP contribution in [0.1, 0.15) is 12.5 Å². The fraction of sp³-hybridized carbons (Fsp3) is 0.417. The van der Waals surface area contributed by atoms with Crippen LogP contribution >= 0.6 is 0 Å². The molecule has 0 aliphatic heterocycles. The van der Waals surface area contributed by atoms with Crippen molar-refractivity contribution in [2.24, 2.45) is 0 Å². The predicted molar refractivity (Wildman–Crippen MR) is 66.3 cm³/mol. The molecule has 1 unspecified atom stereocenters. The van der Waals surface area contributed by atoms with Crippen molar-refractivity contribution < 1.29 is 0 Å². The largest absolute Gasteiger partial charge is 0.318 e. The topological polar surface area (TPSA) is 52.7 Å². The first-order chi connectivity index (χ1) is 7.79. The summed E-state index contributed by atoms with van der Waals surface area (Å²) in [5, 5.41) is 14.8. The van der Waals surface area contributed by atoms with E-state index in [1.807, 2.05) is 13.2 Å². The maximum Gasteiger partial charge on any atom is 0.0653 e. The van der Waals surface area contributed by atoms with E-state index in [2.05, 4.69) is 46.0 Å². The van der Waals surface area contributed by atoms with Crippen molar-refractivity contribution in [3.8, 4) is 0 Å². The molecule has 86 valence electrons. The van der Waals surface area contributed by atoms with E-state index < -0.39 is 0 Å². The summed E-state index contributed by atoms with van der Waals surface area (Å²) in [5.41, 5.74) is 2.38. The molecule has 0 saturated carbocycles. The summed E-state index contributed by atoms with van der Waals surface area (Å²) in [4.78, 5) is 0. The number of fused-ring (bicyclic) bond motifs is 1. The van der Waals surface area contributed by atoms with Crippen molar-refractivity contribution in [1.29, 1.82) is 0 Å². The Hall–Kier alpha value is -1.39. The van der Waals surface area contributed by atoms with Crippen molar-refractivity contribution in [1.82, 2.24) is 20.8 Å². The molecule has 1 aromatic carbocycles. The Labute approximate surface area is 95.4 Å². The smallest absolute Gasteiger partial charge is 0.0653 e. The minimum Gasteiger partial charge on any atom is -0.318 e. The van der Waals surface area contributed by atoms with Crippen molar-refractivity contribution in [3.05, 3.63) is 30.0 Å². The zero-order chi connectivity index (χ0) is 11.4. The summed E-state index contributed by atoms with van der Waals surface area (Å²) < 4.78 is 0. The molecule has 3 N–H and O–H groups in total. The minimum atomic E-state index is 0.475. The molecule has 16 heavy (non-hydrogen) atoms. The van der Waals surface area contributed by atoms with Gasteiger partial charge in [0.25, 0.3) is 0 Å². The normalized spacial score (nSPS) is 13.1. The lowest BCUT2D eigenvalue weighted by Crippen LogP contribution is -2.34. The van der Waals surface area contributed by atoms with Gasteiger partial charge >= 0.3 is 0 Å². The molecule has 2 aromatic rings. The van der Waals surface area contributed by atoms with E-state index in [0.29, 0.717) is 6.04 Å². The Balaban J connectivity index is 1.98. The molecular formula is C12H18N4. The number of hydrogen-bond donors (Lipinski definition) is 3. The summed E-state index contributed by atoms with van der Waals surface area (Å²) >= 11 is 0. The van der Waals surface area contributed by atoms with Gasteiger partial charge in [-0.05, 0) is 25.6 Å². The van der Waals surface area contributed by atoms with Gasteiger partial charge in [-0.3, -0.25) is 5.10 Å². The van der Waals surface area contributed by atoms with Crippen LogP contribution in [0.3, 0.4) is 0 Å². The number of likely N-dealkylation sites (N-methyl/N-ethyl adjacent to an activating group) is 1. The lowest BCUT2D eigenvalue weighted by Gasteiger charge is -2.12. The van der Waals surface area contributed by atoms with Gasteiger partial charge in [0.05, 0.1) is 11.7 Å². The van der Waals surface area contributed by atoms with E-state index in [-0.39, 0.29) is 0 Å². The summed E-state index contributed by atoms with van der Waals surface area (Å²) in [6, 6.07) is 6.85. The Morgan fingerprint density at radius 1 is 1.44 bits per heavy atom. The first kappa shape index (κ1) is 11.1. The predicted octanol–water partition coefficient (Wildman–Crippen LogP) is 1.26. The molecule has 0 fully saturated rings. The van der Waals surface area contributed by atoms with Gasteiger partial charge in [0, 0.05) is 24.5 Å². The summed E-state index contributed by atoms with van der Waals surface area (Å²) in [6.07, 6.45) is 1.84. The number of benzene rings is 1. The molecule has 1 heterocycles. The highest BCUT2D eigenvalue weighted by molar-refractivity contribution is 5.78. The third-order valence-corrected chi connectivity index (χ3v) is 2.67. The van der Waals surface area contributed by atoms with Crippen LogP contribution < -0.4 is 10.6 Å². The van der Waals surface area contributed by atoms with Gasteiger partial charge in [-0.25, -0.2) is 0 Å². The quantitative estimate of drug-likeness (QED) is 0.708. The average Bonchev–Trinajstić information content (AvgIpc) is 2.74. The van der Waals surface area contributed by atoms with E-state index in [1.54, 1.807) is 0 Å². The summed E-state index contributed by atoms with van der Waals surface area (Å²) in [5.74, 6) is 0. The maximum absolute atomic E-state index is 4.01. The van der Waals surface area contributed by atoms with Crippen LogP contribution in [0.2, 0.25) is 0 Å². The second-order valence-corrected chi connectivity index (χ2v) is 4.13. The maximum atomic E-state index is 4.01. The third kappa shape index (κ3) is 2.59. The van der Waals surface area contributed by atoms with Crippen molar-refractivity contribution >= 4 is 10.9 Å². The summed E-state index contributed by atoms with van der Waals surface area (Å²) in [7, 11) is 1.97. The van der Waals surface area contributed by atoms with Crippen molar-refractivity contribution in [2.45, 2.75) is 19.5 Å². The van der Waals surface area contributed by atoms with Gasteiger partial charge in [-0.15, -0.1) is 0 Å². The number of H-pyrrole nitrogens is 1. The van der Waals surface area contributed by atoms with Crippen LogP contribution in [0, 0.1) is 0 Å². The fourth-order valence-electron chi connectivity index (χ4n) is 1.76. The molecule has 4 nitrogen and oxygen atoms in total. The highest BCUT2D eigenvalue weighted by atomic mass is 15.1. The van der Waals surface area contributed by atoms with E-state index in [4.69, 9.17) is 0 Å². The number of nitrogens with one attached hydrogen (secondary N) is 3. The molecule has 2 rings (SSSR count). The molecule has 1 atom stereocenters. The molecule has 0 aliphatic rings. The molecular weight excluding hydrogens is 200 g/mol. The van der Waals surface area contributed by atoms with Gasteiger partial charge in [0.15, 0.2) is 0 Å². The highest BCUT2D eigenvalue weighted by Gasteiger charge is 2.01. The monoisotopic (exact) mass is 218 g/mol. The number of hydrogen-bond acceptors (Lipinski definition) is 3. The SMILES string of the molecule is CNCC(C)NCc1ccc2cn[nH]c2c1. The second kappa shape index (κ2) is 5.09. The molecule has 0 radical (unpaired) electrons. The van der Waals surface area contributed by atoms with Gasteiger partial charge in [0.1, 0.15) is 0 Å². The zero-order valence-corrected chi connectivity index (χ0v) is 9.75. The zero-order valence-electron chi connectivity index (χ0n) is 9.75. The molecule has 0 bridgehead atoms. The van der Waals surface area contributed by atoms with Crippen LogP contribution in [-0.4, -0.2) is 29.8 Å². The van der Waals surface area contributed by atoms with Crippen LogP contribution in [0.4, 0.5) is 0 Å². The number of aromatic nitrogens is 2. The second-order valence-electron chi connectivity index (χ2n) is 4.13. The van der Waals surface area contributed by atoms with E-state index in [9.17, 15) is 0 Å². The van der Waals surface area contributed by atoms with E-state index in [0.717, 1.165) is 24.0 Å². The molecule has 0 aliphatic carbocycles. The Morgan fingerprint density at radius 3 is 3.12 bits per heavy atom. The molecule has 0 amide bonds. The summed E-state index contributed by atoms with van der Waals surface area (Å²) in [6.45, 7) is 4.04.